The van der Waals surface area contributed by atoms with Gasteiger partial charge in [0.05, 0.1) is 31.6 Å². The predicted octanol–water partition coefficient (Wildman–Crippen LogP) is 4.01. The Morgan fingerprint density at radius 3 is 2.61 bits per heavy atom. The molecule has 0 saturated carbocycles. The second-order valence-electron chi connectivity index (χ2n) is 7.32. The molecule has 2 heterocycles. The second-order valence-corrected chi connectivity index (χ2v) is 7.32. The van der Waals surface area contributed by atoms with Crippen molar-refractivity contribution in [3.8, 4) is 17.2 Å². The molecule has 33 heavy (non-hydrogen) atoms. The minimum atomic E-state index is -0.521. The molecule has 0 radical (unpaired) electrons. The Hall–Kier alpha value is -4.01. The van der Waals surface area contributed by atoms with Crippen molar-refractivity contribution in [2.24, 2.45) is 0 Å². The minimum Gasteiger partial charge on any atom is -0.493 e. The van der Waals surface area contributed by atoms with E-state index in [4.69, 9.17) is 14.2 Å². The molecule has 0 unspecified atom stereocenters. The van der Waals surface area contributed by atoms with Crippen molar-refractivity contribution >= 4 is 17.5 Å². The fraction of sp³-hybridized carbons (Fsp3) is 0.292. The van der Waals surface area contributed by atoms with Crippen molar-refractivity contribution in [1.29, 1.82) is 0 Å². The van der Waals surface area contributed by atoms with Gasteiger partial charge in [0, 0.05) is 5.70 Å². The highest BCUT2D eigenvalue weighted by atomic mass is 16.5. The number of benzene rings is 2. The van der Waals surface area contributed by atoms with Crippen molar-refractivity contribution in [2.45, 2.75) is 26.8 Å². The van der Waals surface area contributed by atoms with Gasteiger partial charge in [-0.3, -0.25) is 4.79 Å². The van der Waals surface area contributed by atoms with Gasteiger partial charge < -0.3 is 24.8 Å². The van der Waals surface area contributed by atoms with Gasteiger partial charge in [-0.15, -0.1) is 0 Å². The second kappa shape index (κ2) is 9.64. The smallest absolute Gasteiger partial charge is 0.255 e. The van der Waals surface area contributed by atoms with Gasteiger partial charge in [0.15, 0.2) is 11.5 Å². The molecule has 1 aromatic heterocycles. The normalized spacial score (nSPS) is 14.8. The first-order valence-corrected chi connectivity index (χ1v) is 10.8. The van der Waals surface area contributed by atoms with Crippen molar-refractivity contribution in [1.82, 2.24) is 14.8 Å². The van der Waals surface area contributed by atoms with Crippen molar-refractivity contribution in [3.63, 3.8) is 0 Å². The van der Waals surface area contributed by atoms with E-state index in [1.807, 2.05) is 63.2 Å². The van der Waals surface area contributed by atoms with Crippen LogP contribution in [0, 0.1) is 0 Å². The summed E-state index contributed by atoms with van der Waals surface area (Å²) in [5.74, 6) is 2.10. The lowest BCUT2D eigenvalue weighted by Gasteiger charge is -2.29. The Labute approximate surface area is 192 Å². The largest absolute Gasteiger partial charge is 0.493 e. The molecule has 0 saturated heterocycles. The summed E-state index contributed by atoms with van der Waals surface area (Å²) in [5.41, 5.74) is 2.59. The zero-order valence-electron chi connectivity index (χ0n) is 19.1. The van der Waals surface area contributed by atoms with Crippen LogP contribution in [-0.2, 0) is 4.79 Å². The number of hydrogen-bond acceptors (Lipinski definition) is 7. The number of para-hydroxylation sites is 2. The van der Waals surface area contributed by atoms with Crippen LogP contribution in [0.25, 0.3) is 0 Å². The number of carbonyl (C=O) groups is 1. The molecule has 0 aliphatic carbocycles. The number of rotatable bonds is 8. The third kappa shape index (κ3) is 4.34. The van der Waals surface area contributed by atoms with Crippen LogP contribution in [0.3, 0.4) is 0 Å². The van der Waals surface area contributed by atoms with Gasteiger partial charge in [0.1, 0.15) is 18.1 Å². The van der Waals surface area contributed by atoms with Crippen LogP contribution in [0.4, 0.5) is 11.6 Å². The maximum absolute atomic E-state index is 13.6. The molecule has 3 aromatic rings. The number of amides is 1. The average molecular weight is 450 g/mol. The summed E-state index contributed by atoms with van der Waals surface area (Å²) < 4.78 is 18.6. The van der Waals surface area contributed by atoms with Crippen LogP contribution in [0.15, 0.2) is 60.1 Å². The van der Waals surface area contributed by atoms with Gasteiger partial charge >= 0.3 is 0 Å². The van der Waals surface area contributed by atoms with E-state index in [0.29, 0.717) is 53.4 Å². The first-order valence-electron chi connectivity index (χ1n) is 10.8. The van der Waals surface area contributed by atoms with E-state index < -0.39 is 6.04 Å². The van der Waals surface area contributed by atoms with Gasteiger partial charge in [-0.2, -0.15) is 10.1 Å². The SMILES string of the molecule is CCOc1ccccc1NC(=O)C1=C(C)Nc2ncnn2[C@@H]1c1ccc(OCC)c(OC)c1. The molecule has 1 atom stereocenters. The number of hydrogen-bond donors (Lipinski definition) is 2. The van der Waals surface area contributed by atoms with E-state index in [1.165, 1.54) is 6.33 Å². The number of aromatic nitrogens is 3. The van der Waals surface area contributed by atoms with Crippen LogP contribution in [0.1, 0.15) is 32.4 Å². The number of anilines is 2. The summed E-state index contributed by atoms with van der Waals surface area (Å²) in [6.45, 7) is 6.67. The molecule has 0 spiro atoms. The average Bonchev–Trinajstić information content (AvgIpc) is 3.28. The maximum atomic E-state index is 13.6. The lowest BCUT2D eigenvalue weighted by Crippen LogP contribution is -2.31. The zero-order chi connectivity index (χ0) is 23.4. The van der Waals surface area contributed by atoms with Crippen LogP contribution in [0.2, 0.25) is 0 Å². The van der Waals surface area contributed by atoms with E-state index in [2.05, 4.69) is 20.7 Å². The highest BCUT2D eigenvalue weighted by Crippen LogP contribution is 2.39. The minimum absolute atomic E-state index is 0.272. The van der Waals surface area contributed by atoms with Gasteiger partial charge in [-0.1, -0.05) is 18.2 Å². The zero-order valence-corrected chi connectivity index (χ0v) is 19.1. The fourth-order valence-corrected chi connectivity index (χ4v) is 3.86. The third-order valence-electron chi connectivity index (χ3n) is 5.28. The molecule has 0 fully saturated rings. The summed E-state index contributed by atoms with van der Waals surface area (Å²) in [6, 6.07) is 12.4. The number of nitrogens with zero attached hydrogens (tertiary/aromatic N) is 3. The Morgan fingerprint density at radius 2 is 1.85 bits per heavy atom. The Balaban J connectivity index is 1.76. The molecule has 2 N–H and O–H groups in total. The number of nitrogens with one attached hydrogen (secondary N) is 2. The monoisotopic (exact) mass is 449 g/mol. The molecule has 0 bridgehead atoms. The summed E-state index contributed by atoms with van der Waals surface area (Å²) in [4.78, 5) is 17.9. The predicted molar refractivity (Wildman–Crippen MR) is 125 cm³/mol. The summed E-state index contributed by atoms with van der Waals surface area (Å²) in [5, 5.41) is 10.6. The van der Waals surface area contributed by atoms with Crippen LogP contribution in [0.5, 0.6) is 17.2 Å². The molecule has 1 aliphatic rings. The first-order chi connectivity index (χ1) is 16.1. The molecule has 9 heteroatoms. The molecule has 9 nitrogen and oxygen atoms in total. The molecular formula is C24H27N5O4. The molecule has 1 aliphatic heterocycles. The first kappa shape index (κ1) is 22.2. The Bertz CT molecular complexity index is 1190. The molecule has 172 valence electrons. The van der Waals surface area contributed by atoms with E-state index in [9.17, 15) is 4.79 Å². The number of ether oxygens (including phenoxy) is 3. The summed E-state index contributed by atoms with van der Waals surface area (Å²) >= 11 is 0. The molecule has 2 aromatic carbocycles. The van der Waals surface area contributed by atoms with Gasteiger partial charge in [0.2, 0.25) is 5.95 Å². The maximum Gasteiger partial charge on any atom is 0.255 e. The molecular weight excluding hydrogens is 422 g/mol. The highest BCUT2D eigenvalue weighted by molar-refractivity contribution is 6.06. The summed E-state index contributed by atoms with van der Waals surface area (Å²) in [7, 11) is 1.59. The third-order valence-corrected chi connectivity index (χ3v) is 5.28. The number of allylic oxidation sites excluding steroid dienone is 1. The van der Waals surface area contributed by atoms with Crippen LogP contribution < -0.4 is 24.8 Å². The molecule has 4 rings (SSSR count). The van der Waals surface area contributed by atoms with Crippen LogP contribution in [-0.4, -0.2) is 41.0 Å². The van der Waals surface area contributed by atoms with Gasteiger partial charge in [0.25, 0.3) is 5.91 Å². The quantitative estimate of drug-likeness (QED) is 0.536. The van der Waals surface area contributed by atoms with E-state index in [0.717, 1.165) is 5.56 Å². The van der Waals surface area contributed by atoms with Crippen LogP contribution >= 0.6 is 0 Å². The van der Waals surface area contributed by atoms with Crippen molar-refractivity contribution in [2.75, 3.05) is 31.0 Å². The van der Waals surface area contributed by atoms with E-state index in [1.54, 1.807) is 11.8 Å². The Kier molecular flexibility index (Phi) is 6.48. The lowest BCUT2D eigenvalue weighted by molar-refractivity contribution is -0.113. The molecule has 1 amide bonds. The van der Waals surface area contributed by atoms with Crippen molar-refractivity contribution in [3.05, 3.63) is 65.6 Å². The number of methoxy groups -OCH3 is 1. The van der Waals surface area contributed by atoms with Gasteiger partial charge in [-0.05, 0) is 50.6 Å². The van der Waals surface area contributed by atoms with Gasteiger partial charge in [-0.25, -0.2) is 4.68 Å². The number of carbonyl (C=O) groups excluding carboxylic acids is 1. The Morgan fingerprint density at radius 1 is 1.09 bits per heavy atom. The number of fused-ring (bicyclic) bond motifs is 1. The standard InChI is InChI=1S/C24H27N5O4/c1-5-32-18-10-8-7-9-17(18)28-23(30)21-15(3)27-24-25-14-26-29(24)22(21)16-11-12-19(33-6-2)20(13-16)31-4/h7-14,22H,5-6H2,1-4H3,(H,28,30)(H,25,26,27)/t22-/m1/s1. The topological polar surface area (TPSA) is 99.5 Å². The van der Waals surface area contributed by atoms with E-state index in [-0.39, 0.29) is 5.91 Å². The van der Waals surface area contributed by atoms with Crippen molar-refractivity contribution < 1.29 is 19.0 Å². The van der Waals surface area contributed by atoms with E-state index >= 15 is 0 Å². The lowest BCUT2D eigenvalue weighted by atomic mass is 9.94. The fourth-order valence-electron chi connectivity index (χ4n) is 3.86. The highest BCUT2D eigenvalue weighted by Gasteiger charge is 2.34. The summed E-state index contributed by atoms with van der Waals surface area (Å²) in [6.07, 6.45) is 1.46.